The van der Waals surface area contributed by atoms with E-state index in [9.17, 15) is 9.59 Å². The van der Waals surface area contributed by atoms with Gasteiger partial charge in [-0.15, -0.1) is 0 Å². The van der Waals surface area contributed by atoms with Crippen LogP contribution in [-0.2, 0) is 0 Å². The topological polar surface area (TPSA) is 74.6 Å². The Bertz CT molecular complexity index is 550. The molecule has 4 nitrogen and oxygen atoms in total. The van der Waals surface area contributed by atoms with Crippen LogP contribution in [0.2, 0.25) is 0 Å². The van der Waals surface area contributed by atoms with E-state index in [0.29, 0.717) is 0 Å². The predicted octanol–water partition coefficient (Wildman–Crippen LogP) is 4.58. The van der Waals surface area contributed by atoms with Crippen LogP contribution in [0, 0.1) is 0 Å². The molecule has 0 saturated heterocycles. The van der Waals surface area contributed by atoms with E-state index in [0.717, 1.165) is 0 Å². The lowest BCUT2D eigenvalue weighted by atomic mass is 10.1. The standard InChI is InChI=1S/C8H6O4.2C4H4S/c9-7(10)5-1-2-6(4-3-5)8(11)12;2*1-2-4-5-3-1/h1-4H,(H,9,10)(H,11,12);2*1-4H. The summed E-state index contributed by atoms with van der Waals surface area (Å²) in [5.74, 6) is -2.13. The molecule has 0 saturated carbocycles. The predicted molar refractivity (Wildman–Crippen MR) is 89.0 cm³/mol. The van der Waals surface area contributed by atoms with Crippen LogP contribution in [0.4, 0.5) is 0 Å². The number of carboxylic acids is 2. The fourth-order valence-corrected chi connectivity index (χ4v) is 2.12. The summed E-state index contributed by atoms with van der Waals surface area (Å²) in [4.78, 5) is 20.7. The van der Waals surface area contributed by atoms with Crippen LogP contribution in [0.25, 0.3) is 0 Å². The molecule has 2 heterocycles. The van der Waals surface area contributed by atoms with Crippen LogP contribution in [0.1, 0.15) is 20.7 Å². The first-order valence-electron chi connectivity index (χ1n) is 6.12. The van der Waals surface area contributed by atoms with Crippen LogP contribution in [-0.4, -0.2) is 22.2 Å². The van der Waals surface area contributed by atoms with E-state index < -0.39 is 11.9 Å². The van der Waals surface area contributed by atoms with Crippen molar-refractivity contribution >= 4 is 34.6 Å². The van der Waals surface area contributed by atoms with Gasteiger partial charge in [0.25, 0.3) is 0 Å². The summed E-state index contributed by atoms with van der Waals surface area (Å²) in [6, 6.07) is 13.1. The van der Waals surface area contributed by atoms with Crippen molar-refractivity contribution in [2.45, 2.75) is 0 Å². The summed E-state index contributed by atoms with van der Waals surface area (Å²) in [5, 5.41) is 25.1. The second kappa shape index (κ2) is 10.3. The van der Waals surface area contributed by atoms with E-state index in [-0.39, 0.29) is 11.1 Å². The average Bonchev–Trinajstić information content (AvgIpc) is 3.25. The van der Waals surface area contributed by atoms with E-state index in [1.165, 1.54) is 24.3 Å². The second-order valence-corrected chi connectivity index (χ2v) is 5.41. The summed E-state index contributed by atoms with van der Waals surface area (Å²) in [7, 11) is 0. The number of hydrogen-bond acceptors (Lipinski definition) is 4. The molecule has 0 aliphatic heterocycles. The van der Waals surface area contributed by atoms with Crippen molar-refractivity contribution in [3.63, 3.8) is 0 Å². The first kappa shape index (κ1) is 17.6. The highest BCUT2D eigenvalue weighted by Gasteiger charge is 2.04. The van der Waals surface area contributed by atoms with Crippen molar-refractivity contribution < 1.29 is 19.8 Å². The lowest BCUT2D eigenvalue weighted by molar-refractivity contribution is 0.0681. The quantitative estimate of drug-likeness (QED) is 0.719. The molecule has 3 aromatic rings. The number of carboxylic acid groups (broad SMARTS) is 2. The third kappa shape index (κ3) is 7.37. The normalized spacial score (nSPS) is 8.73. The number of rotatable bonds is 2. The highest BCUT2D eigenvalue weighted by molar-refractivity contribution is 7.08. The van der Waals surface area contributed by atoms with E-state index >= 15 is 0 Å². The SMILES string of the molecule is O=C(O)c1ccc(C(=O)O)cc1.c1ccsc1.c1ccsc1. The van der Waals surface area contributed by atoms with Crippen molar-refractivity contribution in [2.75, 3.05) is 0 Å². The van der Waals surface area contributed by atoms with Gasteiger partial charge in [0.2, 0.25) is 0 Å². The van der Waals surface area contributed by atoms with E-state index in [2.05, 4.69) is 0 Å². The van der Waals surface area contributed by atoms with Crippen LogP contribution >= 0.6 is 22.7 Å². The number of hydrogen-bond donors (Lipinski definition) is 2. The maximum Gasteiger partial charge on any atom is 0.335 e. The molecule has 22 heavy (non-hydrogen) atoms. The molecule has 0 radical (unpaired) electrons. The minimum atomic E-state index is -1.06. The smallest absolute Gasteiger partial charge is 0.335 e. The monoisotopic (exact) mass is 334 g/mol. The molecule has 0 fully saturated rings. The van der Waals surface area contributed by atoms with Gasteiger partial charge in [-0.1, -0.05) is 24.3 Å². The zero-order valence-corrected chi connectivity index (χ0v) is 13.1. The van der Waals surface area contributed by atoms with Gasteiger partial charge in [0.15, 0.2) is 0 Å². The van der Waals surface area contributed by atoms with Crippen molar-refractivity contribution in [2.24, 2.45) is 0 Å². The van der Waals surface area contributed by atoms with Crippen molar-refractivity contribution in [3.8, 4) is 0 Å². The Balaban J connectivity index is 0.000000197. The fraction of sp³-hybridized carbons (Fsp3) is 0. The van der Waals surface area contributed by atoms with Gasteiger partial charge in [-0.3, -0.25) is 0 Å². The average molecular weight is 334 g/mol. The molecule has 6 heteroatoms. The number of carbonyl (C=O) groups is 2. The Kier molecular flexibility index (Phi) is 8.25. The molecule has 114 valence electrons. The number of benzene rings is 1. The first-order valence-corrected chi connectivity index (χ1v) is 8.01. The van der Waals surface area contributed by atoms with Crippen LogP contribution in [0.5, 0.6) is 0 Å². The summed E-state index contributed by atoms with van der Waals surface area (Å²) < 4.78 is 0. The van der Waals surface area contributed by atoms with Gasteiger partial charge in [-0.2, -0.15) is 22.7 Å². The maximum absolute atomic E-state index is 10.3. The molecular formula is C16H14O4S2. The second-order valence-electron chi connectivity index (χ2n) is 3.77. The number of aromatic carboxylic acids is 2. The first-order chi connectivity index (χ1) is 10.6. The molecule has 0 atom stereocenters. The summed E-state index contributed by atoms with van der Waals surface area (Å²) in [6.45, 7) is 0. The summed E-state index contributed by atoms with van der Waals surface area (Å²) in [6.07, 6.45) is 0. The van der Waals surface area contributed by atoms with Crippen molar-refractivity contribution in [3.05, 3.63) is 81.2 Å². The molecule has 2 N–H and O–H groups in total. The molecule has 0 unspecified atom stereocenters. The van der Waals surface area contributed by atoms with Crippen LogP contribution in [0.3, 0.4) is 0 Å². The van der Waals surface area contributed by atoms with Gasteiger partial charge in [0.1, 0.15) is 0 Å². The Morgan fingerprint density at radius 3 is 1.05 bits per heavy atom. The highest BCUT2D eigenvalue weighted by atomic mass is 32.1. The van der Waals surface area contributed by atoms with Crippen molar-refractivity contribution in [1.29, 1.82) is 0 Å². The lowest BCUT2D eigenvalue weighted by Crippen LogP contribution is -1.99. The van der Waals surface area contributed by atoms with E-state index in [1.54, 1.807) is 22.7 Å². The van der Waals surface area contributed by atoms with Gasteiger partial charge in [-0.25, -0.2) is 9.59 Å². The van der Waals surface area contributed by atoms with Gasteiger partial charge < -0.3 is 10.2 Å². The molecule has 3 rings (SSSR count). The molecule has 0 amide bonds. The minimum Gasteiger partial charge on any atom is -0.478 e. The Labute approximate surface area is 135 Å². The zero-order valence-electron chi connectivity index (χ0n) is 11.5. The third-order valence-corrected chi connectivity index (χ3v) is 3.49. The molecule has 1 aromatic carbocycles. The summed E-state index contributed by atoms with van der Waals surface area (Å²) in [5.41, 5.74) is 0.167. The molecular weight excluding hydrogens is 320 g/mol. The van der Waals surface area contributed by atoms with Gasteiger partial charge in [0.05, 0.1) is 11.1 Å². The molecule has 0 aliphatic rings. The number of thiophene rings is 2. The minimum absolute atomic E-state index is 0.0833. The van der Waals surface area contributed by atoms with E-state index in [4.69, 9.17) is 10.2 Å². The van der Waals surface area contributed by atoms with Gasteiger partial charge in [-0.05, 0) is 45.8 Å². The molecule has 0 aliphatic carbocycles. The van der Waals surface area contributed by atoms with Gasteiger partial charge >= 0.3 is 11.9 Å². The lowest BCUT2D eigenvalue weighted by Gasteiger charge is -1.94. The van der Waals surface area contributed by atoms with Crippen molar-refractivity contribution in [1.82, 2.24) is 0 Å². The van der Waals surface area contributed by atoms with Gasteiger partial charge in [0, 0.05) is 0 Å². The zero-order chi connectivity index (χ0) is 16.2. The Hall–Kier alpha value is -2.44. The van der Waals surface area contributed by atoms with E-state index in [1.807, 2.05) is 45.8 Å². The molecule has 0 spiro atoms. The Morgan fingerprint density at radius 1 is 0.636 bits per heavy atom. The van der Waals surface area contributed by atoms with Crippen LogP contribution in [0.15, 0.2) is 70.1 Å². The highest BCUT2D eigenvalue weighted by Crippen LogP contribution is 2.03. The van der Waals surface area contributed by atoms with Crippen LogP contribution < -0.4 is 0 Å². The summed E-state index contributed by atoms with van der Waals surface area (Å²) >= 11 is 3.43. The third-order valence-electron chi connectivity index (χ3n) is 2.23. The fourth-order valence-electron chi connectivity index (χ4n) is 1.21. The molecule has 0 bridgehead atoms. The largest absolute Gasteiger partial charge is 0.478 e. The molecule has 2 aromatic heterocycles. The Morgan fingerprint density at radius 2 is 0.909 bits per heavy atom. The maximum atomic E-state index is 10.3.